The number of aryl methyl sites for hydroxylation is 2. The minimum atomic E-state index is -0.572. The fourth-order valence-corrected chi connectivity index (χ4v) is 2.29. The van der Waals surface area contributed by atoms with Crippen LogP contribution in [0.2, 0.25) is 0 Å². The monoisotopic (exact) mass is 337 g/mol. The molecule has 0 saturated heterocycles. The molecule has 3 aromatic rings. The molecule has 0 radical (unpaired) electrons. The molecule has 2 heterocycles. The van der Waals surface area contributed by atoms with Crippen LogP contribution < -0.4 is 10.1 Å². The van der Waals surface area contributed by atoms with Gasteiger partial charge in [0.25, 0.3) is 0 Å². The van der Waals surface area contributed by atoms with E-state index in [2.05, 4.69) is 20.3 Å². The topological polar surface area (TPSA) is 103 Å². The van der Waals surface area contributed by atoms with Gasteiger partial charge in [-0.2, -0.15) is 4.98 Å². The summed E-state index contributed by atoms with van der Waals surface area (Å²) < 4.78 is 5.50. The lowest BCUT2D eigenvalue weighted by Gasteiger charge is -2.11. The van der Waals surface area contributed by atoms with Crippen LogP contribution in [0.4, 0.5) is 17.2 Å². The average molecular weight is 337 g/mol. The average Bonchev–Trinajstić information content (AvgIpc) is 2.58. The van der Waals surface area contributed by atoms with Crippen LogP contribution in [0.15, 0.2) is 49.1 Å². The lowest BCUT2D eigenvalue weighted by Crippen LogP contribution is -2.04. The number of pyridine rings is 1. The molecule has 0 fully saturated rings. The molecule has 0 unspecified atom stereocenters. The highest BCUT2D eigenvalue weighted by atomic mass is 16.6. The Hall–Kier alpha value is -3.55. The predicted octanol–water partition coefficient (Wildman–Crippen LogP) is 3.93. The number of ether oxygens (including phenoxy) is 1. The summed E-state index contributed by atoms with van der Waals surface area (Å²) in [6.45, 7) is 3.89. The number of anilines is 2. The van der Waals surface area contributed by atoms with E-state index in [0.717, 1.165) is 16.8 Å². The second-order valence-corrected chi connectivity index (χ2v) is 5.37. The van der Waals surface area contributed by atoms with Gasteiger partial charge in [0.05, 0.1) is 11.1 Å². The quantitative estimate of drug-likeness (QED) is 0.555. The molecule has 0 aliphatic heterocycles. The molecule has 0 atom stereocenters. The van der Waals surface area contributed by atoms with Gasteiger partial charge in [-0.05, 0) is 37.6 Å². The van der Waals surface area contributed by atoms with Crippen molar-refractivity contribution >= 4 is 17.2 Å². The van der Waals surface area contributed by atoms with Crippen molar-refractivity contribution < 1.29 is 9.66 Å². The maximum absolute atomic E-state index is 11.6. The summed E-state index contributed by atoms with van der Waals surface area (Å²) in [5.41, 5.74) is 2.43. The van der Waals surface area contributed by atoms with E-state index in [1.54, 1.807) is 18.3 Å². The van der Waals surface area contributed by atoms with E-state index in [-0.39, 0.29) is 17.4 Å². The standard InChI is InChI=1S/C17H15N5O3/c1-11-5-6-14(12(2)8-11)21-16-15(22(23)24)17(20-10-19-16)25-13-4-3-7-18-9-13/h3-10H,1-2H3,(H,19,20,21). The zero-order chi connectivity index (χ0) is 17.8. The first kappa shape index (κ1) is 16.3. The third kappa shape index (κ3) is 3.69. The summed E-state index contributed by atoms with van der Waals surface area (Å²) in [5.74, 6) is 0.257. The Morgan fingerprint density at radius 2 is 2.04 bits per heavy atom. The van der Waals surface area contributed by atoms with Crippen molar-refractivity contribution in [3.8, 4) is 11.6 Å². The summed E-state index contributed by atoms with van der Waals surface area (Å²) in [7, 11) is 0. The molecule has 3 rings (SSSR count). The molecule has 0 bridgehead atoms. The van der Waals surface area contributed by atoms with Gasteiger partial charge in [-0.15, -0.1) is 0 Å². The van der Waals surface area contributed by atoms with Crippen LogP contribution >= 0.6 is 0 Å². The van der Waals surface area contributed by atoms with E-state index in [9.17, 15) is 10.1 Å². The molecule has 8 nitrogen and oxygen atoms in total. The predicted molar refractivity (Wildman–Crippen MR) is 92.2 cm³/mol. The van der Waals surface area contributed by atoms with Gasteiger partial charge in [0, 0.05) is 11.9 Å². The zero-order valence-electron chi connectivity index (χ0n) is 13.6. The van der Waals surface area contributed by atoms with Crippen molar-refractivity contribution in [2.45, 2.75) is 13.8 Å². The summed E-state index contributed by atoms with van der Waals surface area (Å²) in [6.07, 6.45) is 4.24. The molecule has 2 aromatic heterocycles. The first-order chi connectivity index (χ1) is 12.0. The maximum Gasteiger partial charge on any atom is 0.373 e. The molecule has 0 aliphatic carbocycles. The van der Waals surface area contributed by atoms with Gasteiger partial charge in [-0.1, -0.05) is 17.7 Å². The molecule has 1 aromatic carbocycles. The highest BCUT2D eigenvalue weighted by Gasteiger charge is 2.25. The fourth-order valence-electron chi connectivity index (χ4n) is 2.29. The molecule has 25 heavy (non-hydrogen) atoms. The Morgan fingerprint density at radius 3 is 2.72 bits per heavy atom. The van der Waals surface area contributed by atoms with Crippen LogP contribution in [-0.2, 0) is 0 Å². The number of rotatable bonds is 5. The Morgan fingerprint density at radius 1 is 1.20 bits per heavy atom. The second-order valence-electron chi connectivity index (χ2n) is 5.37. The minimum Gasteiger partial charge on any atom is -0.432 e. The van der Waals surface area contributed by atoms with Crippen LogP contribution in [0.3, 0.4) is 0 Å². The van der Waals surface area contributed by atoms with Crippen LogP contribution in [0.5, 0.6) is 11.6 Å². The number of nitro groups is 1. The van der Waals surface area contributed by atoms with Crippen LogP contribution in [0, 0.1) is 24.0 Å². The third-order valence-corrected chi connectivity index (χ3v) is 3.46. The lowest BCUT2D eigenvalue weighted by atomic mass is 10.1. The zero-order valence-corrected chi connectivity index (χ0v) is 13.6. The highest BCUT2D eigenvalue weighted by Crippen LogP contribution is 2.35. The molecule has 126 valence electrons. The van der Waals surface area contributed by atoms with E-state index in [4.69, 9.17) is 4.74 Å². The van der Waals surface area contributed by atoms with Gasteiger partial charge in [0.1, 0.15) is 12.1 Å². The van der Waals surface area contributed by atoms with Crippen LogP contribution in [-0.4, -0.2) is 19.9 Å². The van der Waals surface area contributed by atoms with Crippen molar-refractivity contribution in [3.05, 3.63) is 70.3 Å². The smallest absolute Gasteiger partial charge is 0.373 e. The van der Waals surface area contributed by atoms with E-state index in [0.29, 0.717) is 5.75 Å². The summed E-state index contributed by atoms with van der Waals surface area (Å²) in [5, 5.41) is 14.5. The summed E-state index contributed by atoms with van der Waals surface area (Å²) in [4.78, 5) is 22.8. The van der Waals surface area contributed by atoms with Crippen molar-refractivity contribution in [1.82, 2.24) is 15.0 Å². The number of hydrogen-bond donors (Lipinski definition) is 1. The van der Waals surface area contributed by atoms with Gasteiger partial charge >= 0.3 is 11.6 Å². The van der Waals surface area contributed by atoms with Crippen molar-refractivity contribution in [3.63, 3.8) is 0 Å². The first-order valence-corrected chi connectivity index (χ1v) is 7.46. The SMILES string of the molecule is Cc1ccc(Nc2ncnc(Oc3cccnc3)c2[N+](=O)[O-])c(C)c1. The molecule has 1 N–H and O–H groups in total. The Kier molecular flexibility index (Phi) is 4.51. The number of nitrogens with one attached hydrogen (secondary N) is 1. The normalized spacial score (nSPS) is 10.3. The van der Waals surface area contributed by atoms with Gasteiger partial charge in [0.15, 0.2) is 0 Å². The largest absolute Gasteiger partial charge is 0.432 e. The number of nitrogens with zero attached hydrogens (tertiary/aromatic N) is 4. The van der Waals surface area contributed by atoms with E-state index in [1.807, 2.05) is 32.0 Å². The van der Waals surface area contributed by atoms with Crippen molar-refractivity contribution in [2.75, 3.05) is 5.32 Å². The number of hydrogen-bond acceptors (Lipinski definition) is 7. The van der Waals surface area contributed by atoms with Gasteiger partial charge in [-0.25, -0.2) is 4.98 Å². The Balaban J connectivity index is 1.99. The third-order valence-electron chi connectivity index (χ3n) is 3.46. The second kappa shape index (κ2) is 6.91. The molecule has 0 spiro atoms. The van der Waals surface area contributed by atoms with Gasteiger partial charge in [0.2, 0.25) is 5.82 Å². The lowest BCUT2D eigenvalue weighted by molar-refractivity contribution is -0.385. The van der Waals surface area contributed by atoms with Gasteiger partial charge < -0.3 is 10.1 Å². The van der Waals surface area contributed by atoms with Crippen LogP contribution in [0.1, 0.15) is 11.1 Å². The molecule has 0 aliphatic rings. The molecule has 0 saturated carbocycles. The molecular formula is C17H15N5O3. The van der Waals surface area contributed by atoms with Crippen molar-refractivity contribution in [1.29, 1.82) is 0 Å². The van der Waals surface area contributed by atoms with E-state index in [1.165, 1.54) is 12.5 Å². The Bertz CT molecular complexity index is 915. The number of benzene rings is 1. The van der Waals surface area contributed by atoms with Gasteiger partial charge in [-0.3, -0.25) is 15.1 Å². The highest BCUT2D eigenvalue weighted by molar-refractivity contribution is 5.70. The summed E-state index contributed by atoms with van der Waals surface area (Å²) >= 11 is 0. The first-order valence-electron chi connectivity index (χ1n) is 7.46. The fraction of sp³-hybridized carbons (Fsp3) is 0.118. The molecule has 8 heteroatoms. The molecule has 0 amide bonds. The molecular weight excluding hydrogens is 322 g/mol. The van der Waals surface area contributed by atoms with E-state index < -0.39 is 4.92 Å². The van der Waals surface area contributed by atoms with Crippen molar-refractivity contribution in [2.24, 2.45) is 0 Å². The maximum atomic E-state index is 11.6. The number of aromatic nitrogens is 3. The Labute approximate surface area is 143 Å². The van der Waals surface area contributed by atoms with Crippen LogP contribution in [0.25, 0.3) is 0 Å². The summed E-state index contributed by atoms with van der Waals surface area (Å²) in [6, 6.07) is 9.03. The minimum absolute atomic E-state index is 0.0610. The van der Waals surface area contributed by atoms with E-state index >= 15 is 0 Å².